The lowest BCUT2D eigenvalue weighted by molar-refractivity contribution is 0.617. The molecule has 0 aliphatic carbocycles. The second-order valence-corrected chi connectivity index (χ2v) is 6.80. The molecule has 0 aliphatic rings. The Morgan fingerprint density at radius 3 is 2.73 bits per heavy atom. The van der Waals surface area contributed by atoms with E-state index in [1.165, 1.54) is 24.0 Å². The number of benzene rings is 2. The highest BCUT2D eigenvalue weighted by molar-refractivity contribution is 7.98. The summed E-state index contributed by atoms with van der Waals surface area (Å²) >= 11 is 1.28. The van der Waals surface area contributed by atoms with Gasteiger partial charge in [0.2, 0.25) is 0 Å². The second-order valence-electron chi connectivity index (χ2n) is 5.83. The molecule has 0 saturated carbocycles. The molecule has 0 saturated heterocycles. The van der Waals surface area contributed by atoms with Gasteiger partial charge in [0.25, 0.3) is 5.56 Å². The van der Waals surface area contributed by atoms with Crippen molar-refractivity contribution in [1.29, 1.82) is 0 Å². The molecular formula is C19H15FN4OS. The third-order valence-corrected chi connectivity index (χ3v) is 5.00. The molecule has 2 aromatic carbocycles. The van der Waals surface area contributed by atoms with Crippen LogP contribution >= 0.6 is 11.8 Å². The van der Waals surface area contributed by atoms with Crippen LogP contribution in [0, 0.1) is 12.7 Å². The number of nitrogens with zero attached hydrogens (tertiary/aromatic N) is 3. The van der Waals surface area contributed by atoms with Crippen LogP contribution in [0.25, 0.3) is 16.7 Å². The summed E-state index contributed by atoms with van der Waals surface area (Å²) < 4.78 is 15.4. The number of para-hydroxylation sites is 1. The van der Waals surface area contributed by atoms with Crippen molar-refractivity contribution in [1.82, 2.24) is 19.7 Å². The second kappa shape index (κ2) is 6.76. The van der Waals surface area contributed by atoms with Gasteiger partial charge in [-0.25, -0.2) is 14.1 Å². The lowest BCUT2D eigenvalue weighted by atomic mass is 10.2. The monoisotopic (exact) mass is 366 g/mol. The third kappa shape index (κ3) is 3.01. The van der Waals surface area contributed by atoms with E-state index in [9.17, 15) is 9.18 Å². The molecule has 0 atom stereocenters. The molecule has 0 aliphatic heterocycles. The lowest BCUT2D eigenvalue weighted by Gasteiger charge is -2.07. The summed E-state index contributed by atoms with van der Waals surface area (Å²) in [7, 11) is 0. The molecule has 130 valence electrons. The summed E-state index contributed by atoms with van der Waals surface area (Å²) in [5, 5.41) is 5.18. The number of fused-ring (bicyclic) bond motifs is 1. The minimum Gasteiger partial charge on any atom is -0.301 e. The predicted octanol–water partition coefficient (Wildman–Crippen LogP) is 3.85. The Bertz CT molecular complexity index is 1150. The quantitative estimate of drug-likeness (QED) is 0.440. The van der Waals surface area contributed by atoms with Crippen molar-refractivity contribution >= 4 is 22.8 Å². The maximum Gasteiger partial charge on any atom is 0.262 e. The summed E-state index contributed by atoms with van der Waals surface area (Å²) in [6, 6.07) is 14.3. The minimum atomic E-state index is -0.270. The third-order valence-electron chi connectivity index (χ3n) is 4.08. The van der Waals surface area contributed by atoms with Crippen molar-refractivity contribution in [2.24, 2.45) is 0 Å². The Morgan fingerprint density at radius 2 is 1.92 bits per heavy atom. The van der Waals surface area contributed by atoms with Gasteiger partial charge in [0.1, 0.15) is 11.2 Å². The molecule has 2 aromatic heterocycles. The Balaban J connectivity index is 1.74. The molecule has 5 nitrogen and oxygen atoms in total. The fourth-order valence-electron chi connectivity index (χ4n) is 2.71. The van der Waals surface area contributed by atoms with E-state index in [0.29, 0.717) is 27.5 Å². The Labute approximate surface area is 152 Å². The number of aryl methyl sites for hydroxylation is 1. The topological polar surface area (TPSA) is 63.6 Å². The molecule has 0 spiro atoms. The van der Waals surface area contributed by atoms with Gasteiger partial charge in [-0.1, -0.05) is 48.2 Å². The van der Waals surface area contributed by atoms with Gasteiger partial charge in [-0.15, -0.1) is 0 Å². The van der Waals surface area contributed by atoms with Crippen molar-refractivity contribution in [2.45, 2.75) is 17.8 Å². The van der Waals surface area contributed by atoms with Crippen LogP contribution in [0.3, 0.4) is 0 Å². The van der Waals surface area contributed by atoms with Gasteiger partial charge in [0.05, 0.1) is 11.9 Å². The van der Waals surface area contributed by atoms with Gasteiger partial charge in [-0.05, 0) is 30.2 Å². The van der Waals surface area contributed by atoms with E-state index in [1.54, 1.807) is 22.9 Å². The van der Waals surface area contributed by atoms with E-state index in [-0.39, 0.29) is 11.4 Å². The van der Waals surface area contributed by atoms with Crippen LogP contribution in [-0.4, -0.2) is 19.7 Å². The van der Waals surface area contributed by atoms with Crippen molar-refractivity contribution < 1.29 is 4.39 Å². The van der Waals surface area contributed by atoms with Crippen LogP contribution in [-0.2, 0) is 5.75 Å². The van der Waals surface area contributed by atoms with E-state index >= 15 is 0 Å². The summed E-state index contributed by atoms with van der Waals surface area (Å²) in [4.78, 5) is 19.7. The SMILES string of the molecule is Cc1ccccc1-n1ncc2c(=O)[nH]c(SCc3ccccc3F)nc21. The highest BCUT2D eigenvalue weighted by atomic mass is 32.2. The number of aromatic nitrogens is 4. The number of rotatable bonds is 4. The molecule has 4 aromatic rings. The molecule has 0 unspecified atom stereocenters. The van der Waals surface area contributed by atoms with Crippen molar-refractivity contribution in [3.8, 4) is 5.69 Å². The Hall–Kier alpha value is -2.93. The first-order valence-corrected chi connectivity index (χ1v) is 9.02. The smallest absolute Gasteiger partial charge is 0.262 e. The van der Waals surface area contributed by atoms with Crippen LogP contribution < -0.4 is 5.56 Å². The number of hydrogen-bond donors (Lipinski definition) is 1. The zero-order chi connectivity index (χ0) is 18.1. The molecular weight excluding hydrogens is 351 g/mol. The summed E-state index contributed by atoms with van der Waals surface area (Å²) in [5.41, 5.74) is 2.68. The van der Waals surface area contributed by atoms with Crippen molar-refractivity contribution in [2.75, 3.05) is 0 Å². The predicted molar refractivity (Wildman–Crippen MR) is 100 cm³/mol. The van der Waals surface area contributed by atoms with E-state index in [4.69, 9.17) is 0 Å². The van der Waals surface area contributed by atoms with Gasteiger partial charge in [0.15, 0.2) is 10.8 Å². The fourth-order valence-corrected chi connectivity index (χ4v) is 3.55. The van der Waals surface area contributed by atoms with Crippen molar-refractivity contribution in [3.05, 3.63) is 82.0 Å². The van der Waals surface area contributed by atoms with Crippen molar-refractivity contribution in [3.63, 3.8) is 0 Å². The molecule has 0 radical (unpaired) electrons. The minimum absolute atomic E-state index is 0.258. The van der Waals surface area contributed by atoms with Gasteiger partial charge < -0.3 is 4.98 Å². The summed E-state index contributed by atoms with van der Waals surface area (Å²) in [5.74, 6) is 0.105. The molecule has 1 N–H and O–H groups in total. The van der Waals surface area contributed by atoms with Crippen LogP contribution in [0.2, 0.25) is 0 Å². The highest BCUT2D eigenvalue weighted by Crippen LogP contribution is 2.23. The van der Waals surface area contributed by atoms with Gasteiger partial charge in [0, 0.05) is 5.75 Å². The highest BCUT2D eigenvalue weighted by Gasteiger charge is 2.13. The first-order valence-electron chi connectivity index (χ1n) is 8.04. The first-order chi connectivity index (χ1) is 12.6. The van der Waals surface area contributed by atoms with Crippen LogP contribution in [0.15, 0.2) is 64.7 Å². The fraction of sp³-hybridized carbons (Fsp3) is 0.105. The maximum atomic E-state index is 13.8. The Kier molecular flexibility index (Phi) is 4.30. The van der Waals surface area contributed by atoms with Crippen LogP contribution in [0.1, 0.15) is 11.1 Å². The number of thioether (sulfide) groups is 1. The largest absolute Gasteiger partial charge is 0.301 e. The molecule has 4 rings (SSSR count). The van der Waals surface area contributed by atoms with Crippen LogP contribution in [0.5, 0.6) is 0 Å². The number of hydrogen-bond acceptors (Lipinski definition) is 4. The van der Waals surface area contributed by atoms with E-state index in [1.807, 2.05) is 31.2 Å². The molecule has 0 fully saturated rings. The summed E-state index contributed by atoms with van der Waals surface area (Å²) in [6.45, 7) is 1.98. The maximum absolute atomic E-state index is 13.8. The van der Waals surface area contributed by atoms with E-state index < -0.39 is 0 Å². The number of halogens is 1. The number of nitrogens with one attached hydrogen (secondary N) is 1. The zero-order valence-corrected chi connectivity index (χ0v) is 14.8. The standard InChI is InChI=1S/C19H15FN4OS/c1-12-6-2-5-9-16(12)24-17-14(10-21-24)18(25)23-19(22-17)26-11-13-7-3-4-8-15(13)20/h2-10H,11H2,1H3,(H,22,23,25). The van der Waals surface area contributed by atoms with E-state index in [0.717, 1.165) is 11.3 Å². The normalized spacial score (nSPS) is 11.2. The zero-order valence-electron chi connectivity index (χ0n) is 13.9. The average Bonchev–Trinajstić information content (AvgIpc) is 3.06. The number of H-pyrrole nitrogens is 1. The summed E-state index contributed by atoms with van der Waals surface area (Å²) in [6.07, 6.45) is 1.51. The molecule has 2 heterocycles. The van der Waals surface area contributed by atoms with E-state index in [2.05, 4.69) is 15.1 Å². The molecule has 0 amide bonds. The number of aromatic amines is 1. The lowest BCUT2D eigenvalue weighted by Crippen LogP contribution is -2.10. The molecule has 26 heavy (non-hydrogen) atoms. The first kappa shape index (κ1) is 16.5. The average molecular weight is 366 g/mol. The Morgan fingerprint density at radius 1 is 1.15 bits per heavy atom. The molecule has 7 heteroatoms. The van der Waals surface area contributed by atoms with Gasteiger partial charge in [-0.2, -0.15) is 5.10 Å². The van der Waals surface area contributed by atoms with Gasteiger partial charge in [-0.3, -0.25) is 4.79 Å². The van der Waals surface area contributed by atoms with Crippen LogP contribution in [0.4, 0.5) is 4.39 Å². The molecule has 0 bridgehead atoms. The van der Waals surface area contributed by atoms with Gasteiger partial charge >= 0.3 is 0 Å².